The summed E-state index contributed by atoms with van der Waals surface area (Å²) >= 11 is 0. The molecule has 182 valence electrons. The van der Waals surface area contributed by atoms with Crippen molar-refractivity contribution in [2.45, 2.75) is 109 Å². The monoisotopic (exact) mass is 456 g/mol. The lowest BCUT2D eigenvalue weighted by molar-refractivity contribution is -0.162. The van der Waals surface area contributed by atoms with Gasteiger partial charge in [-0.05, 0) is 57.2 Å². The first-order chi connectivity index (χ1) is 16.0. The number of carbonyl (C=O) groups is 2. The van der Waals surface area contributed by atoms with Crippen LogP contribution in [0.1, 0.15) is 96.1 Å². The van der Waals surface area contributed by atoms with Gasteiger partial charge in [0.1, 0.15) is 12.6 Å². The van der Waals surface area contributed by atoms with Crippen LogP contribution in [-0.2, 0) is 9.59 Å². The van der Waals surface area contributed by atoms with E-state index in [1.165, 1.54) is 19.3 Å². The van der Waals surface area contributed by atoms with Gasteiger partial charge in [0, 0.05) is 12.1 Å². The molecule has 3 aliphatic rings. The average molecular weight is 457 g/mol. The molecule has 1 aliphatic heterocycles. The zero-order valence-electron chi connectivity index (χ0n) is 20.6. The summed E-state index contributed by atoms with van der Waals surface area (Å²) in [6.45, 7) is 4.18. The molecule has 2 amide bonds. The van der Waals surface area contributed by atoms with Gasteiger partial charge in [0.25, 0.3) is 5.91 Å². The van der Waals surface area contributed by atoms with Crippen molar-refractivity contribution in [3.63, 3.8) is 0 Å². The van der Waals surface area contributed by atoms with Gasteiger partial charge < -0.3 is 19.3 Å². The smallest absolute Gasteiger partial charge is 0.250 e. The number of nitrogens with zero attached hydrogens (tertiary/aromatic N) is 2. The second-order valence-corrected chi connectivity index (χ2v) is 10.2. The molecule has 0 bridgehead atoms. The van der Waals surface area contributed by atoms with Crippen molar-refractivity contribution in [1.82, 2.24) is 9.80 Å². The molecule has 1 atom stereocenters. The largest absolute Gasteiger partial charge is 0.493 e. The number of ether oxygens (including phenoxy) is 2. The van der Waals surface area contributed by atoms with Crippen molar-refractivity contribution in [2.75, 3.05) is 13.7 Å². The fourth-order valence-corrected chi connectivity index (χ4v) is 5.89. The van der Waals surface area contributed by atoms with Crippen LogP contribution in [0.3, 0.4) is 0 Å². The lowest BCUT2D eigenvalue weighted by Crippen LogP contribution is -2.60. The van der Waals surface area contributed by atoms with E-state index in [-0.39, 0.29) is 36.5 Å². The van der Waals surface area contributed by atoms with E-state index in [9.17, 15) is 9.59 Å². The number of amides is 2. The van der Waals surface area contributed by atoms with Gasteiger partial charge in [-0.25, -0.2) is 0 Å². The van der Waals surface area contributed by atoms with Crippen molar-refractivity contribution < 1.29 is 19.1 Å². The minimum atomic E-state index is -0.584. The molecule has 33 heavy (non-hydrogen) atoms. The summed E-state index contributed by atoms with van der Waals surface area (Å²) in [5, 5.41) is 0. The van der Waals surface area contributed by atoms with Crippen LogP contribution in [0.15, 0.2) is 18.2 Å². The zero-order valence-corrected chi connectivity index (χ0v) is 20.6. The Morgan fingerprint density at radius 1 is 0.848 bits per heavy atom. The minimum Gasteiger partial charge on any atom is -0.493 e. The standard InChI is InChI=1S/C27H40N2O4/c1-19(2)33-23-16-15-20(17-24(23)32-3)26-27(31)28(21-11-7-4-5-8-12-21)18-25(30)29(26)22-13-9-6-10-14-22/h15-17,19,21-22,26H,4-14,18H2,1-3H3. The van der Waals surface area contributed by atoms with E-state index in [2.05, 4.69) is 0 Å². The SMILES string of the molecule is COc1cc(C2C(=O)N(C3CCCCCC3)CC(=O)N2C2CCCCC2)ccc1OC(C)C. The van der Waals surface area contributed by atoms with Crippen molar-refractivity contribution in [3.8, 4) is 11.5 Å². The Morgan fingerprint density at radius 3 is 2.06 bits per heavy atom. The molecular formula is C27H40N2O4. The summed E-state index contributed by atoms with van der Waals surface area (Å²) in [7, 11) is 1.62. The predicted molar refractivity (Wildman–Crippen MR) is 128 cm³/mol. The summed E-state index contributed by atoms with van der Waals surface area (Å²) in [4.78, 5) is 31.5. The average Bonchev–Trinajstić information content (AvgIpc) is 3.10. The minimum absolute atomic E-state index is 0.0205. The predicted octanol–water partition coefficient (Wildman–Crippen LogP) is 5.25. The molecule has 0 aromatic heterocycles. The molecular weight excluding hydrogens is 416 g/mol. The molecule has 0 radical (unpaired) electrons. The van der Waals surface area contributed by atoms with Crippen LogP contribution in [0.5, 0.6) is 11.5 Å². The first kappa shape index (κ1) is 23.9. The summed E-state index contributed by atoms with van der Waals surface area (Å²) in [5.74, 6) is 1.44. The molecule has 1 heterocycles. The van der Waals surface area contributed by atoms with E-state index in [1.807, 2.05) is 41.8 Å². The zero-order chi connectivity index (χ0) is 23.4. The van der Waals surface area contributed by atoms with Crippen LogP contribution in [0.2, 0.25) is 0 Å². The highest BCUT2D eigenvalue weighted by atomic mass is 16.5. The highest BCUT2D eigenvalue weighted by Crippen LogP contribution is 2.39. The highest BCUT2D eigenvalue weighted by molar-refractivity contribution is 5.96. The van der Waals surface area contributed by atoms with Crippen LogP contribution in [0, 0.1) is 0 Å². The molecule has 2 aliphatic carbocycles. The molecule has 1 aromatic carbocycles. The van der Waals surface area contributed by atoms with Gasteiger partial charge in [0.15, 0.2) is 11.5 Å². The lowest BCUT2D eigenvalue weighted by atomic mass is 9.89. The first-order valence-corrected chi connectivity index (χ1v) is 13.0. The molecule has 0 N–H and O–H groups in total. The molecule has 1 unspecified atom stereocenters. The Balaban J connectivity index is 1.70. The molecule has 6 nitrogen and oxygen atoms in total. The van der Waals surface area contributed by atoms with Gasteiger partial charge in [-0.15, -0.1) is 0 Å². The fourth-order valence-electron chi connectivity index (χ4n) is 5.89. The number of hydrogen-bond acceptors (Lipinski definition) is 4. The van der Waals surface area contributed by atoms with E-state index in [0.29, 0.717) is 11.5 Å². The van der Waals surface area contributed by atoms with Crippen molar-refractivity contribution >= 4 is 11.8 Å². The lowest BCUT2D eigenvalue weighted by Gasteiger charge is -2.47. The van der Waals surface area contributed by atoms with Crippen LogP contribution < -0.4 is 9.47 Å². The molecule has 3 fully saturated rings. The van der Waals surface area contributed by atoms with Gasteiger partial charge in [-0.1, -0.05) is 51.0 Å². The van der Waals surface area contributed by atoms with Gasteiger partial charge in [-0.2, -0.15) is 0 Å². The number of benzene rings is 1. The quantitative estimate of drug-likeness (QED) is 0.549. The van der Waals surface area contributed by atoms with E-state index >= 15 is 0 Å². The number of rotatable bonds is 6. The van der Waals surface area contributed by atoms with Gasteiger partial charge in [0.05, 0.1) is 13.2 Å². The summed E-state index contributed by atoms with van der Waals surface area (Å²) in [6, 6.07) is 5.46. The fraction of sp³-hybridized carbons (Fsp3) is 0.704. The maximum Gasteiger partial charge on any atom is 0.250 e. The van der Waals surface area contributed by atoms with Crippen LogP contribution in [0.4, 0.5) is 0 Å². The van der Waals surface area contributed by atoms with Crippen LogP contribution in [-0.4, -0.2) is 53.5 Å². The Hall–Kier alpha value is -2.24. The molecule has 1 aromatic rings. The maximum absolute atomic E-state index is 14.1. The van der Waals surface area contributed by atoms with E-state index in [0.717, 1.165) is 56.9 Å². The summed E-state index contributed by atoms with van der Waals surface area (Å²) in [6.07, 6.45) is 12.1. The molecule has 6 heteroatoms. The Kier molecular flexibility index (Phi) is 7.82. The van der Waals surface area contributed by atoms with Crippen molar-refractivity contribution in [3.05, 3.63) is 23.8 Å². The Bertz CT molecular complexity index is 825. The third kappa shape index (κ3) is 5.30. The van der Waals surface area contributed by atoms with Gasteiger partial charge in [-0.3, -0.25) is 9.59 Å². The summed E-state index contributed by atoms with van der Waals surface area (Å²) < 4.78 is 11.5. The van der Waals surface area contributed by atoms with Crippen LogP contribution >= 0.6 is 0 Å². The molecule has 2 saturated carbocycles. The normalized spacial score (nSPS) is 23.7. The number of piperazine rings is 1. The van der Waals surface area contributed by atoms with Gasteiger partial charge >= 0.3 is 0 Å². The van der Waals surface area contributed by atoms with E-state index in [1.54, 1.807) is 7.11 Å². The van der Waals surface area contributed by atoms with Crippen molar-refractivity contribution in [2.24, 2.45) is 0 Å². The maximum atomic E-state index is 14.1. The van der Waals surface area contributed by atoms with Gasteiger partial charge in [0.2, 0.25) is 5.91 Å². The molecule has 0 spiro atoms. The number of methoxy groups -OCH3 is 1. The topological polar surface area (TPSA) is 59.1 Å². The molecule has 1 saturated heterocycles. The van der Waals surface area contributed by atoms with E-state index < -0.39 is 6.04 Å². The number of carbonyl (C=O) groups excluding carboxylic acids is 2. The second kappa shape index (κ2) is 10.8. The van der Waals surface area contributed by atoms with E-state index in [4.69, 9.17) is 9.47 Å². The molecule has 4 rings (SSSR count). The third-order valence-electron chi connectivity index (χ3n) is 7.49. The third-order valence-corrected chi connectivity index (χ3v) is 7.49. The Morgan fingerprint density at radius 2 is 1.45 bits per heavy atom. The first-order valence-electron chi connectivity index (χ1n) is 13.0. The Labute approximate surface area is 198 Å². The second-order valence-electron chi connectivity index (χ2n) is 10.2. The van der Waals surface area contributed by atoms with Crippen molar-refractivity contribution in [1.29, 1.82) is 0 Å². The number of hydrogen-bond donors (Lipinski definition) is 0. The highest BCUT2D eigenvalue weighted by Gasteiger charge is 2.45. The van der Waals surface area contributed by atoms with Crippen LogP contribution in [0.25, 0.3) is 0 Å². The summed E-state index contributed by atoms with van der Waals surface area (Å²) in [5.41, 5.74) is 0.824.